The van der Waals surface area contributed by atoms with Crippen molar-refractivity contribution in [1.29, 1.82) is 0 Å². The zero-order valence-electron chi connectivity index (χ0n) is 6.64. The maximum Gasteiger partial charge on any atom is 0.00987 e. The number of nitrogens with zero attached hydrogens (tertiary/aromatic N) is 1. The van der Waals surface area contributed by atoms with Crippen LogP contribution in [0.5, 0.6) is 0 Å². The molecule has 0 atom stereocenters. The summed E-state index contributed by atoms with van der Waals surface area (Å²) in [4.78, 5) is 1.03. The Labute approximate surface area is 62.4 Å². The molecule has 0 aliphatic rings. The van der Waals surface area contributed by atoms with Gasteiger partial charge in [0.25, 0.3) is 0 Å². The van der Waals surface area contributed by atoms with E-state index in [1.165, 1.54) is 11.9 Å². The summed E-state index contributed by atoms with van der Waals surface area (Å²) in [7, 11) is 0. The van der Waals surface area contributed by atoms with E-state index in [0.29, 0.717) is 0 Å². The number of hydrogen-bond acceptors (Lipinski definition) is 2. The van der Waals surface area contributed by atoms with E-state index in [2.05, 4.69) is 11.0 Å². The van der Waals surface area contributed by atoms with Gasteiger partial charge in [-0.1, -0.05) is 20.4 Å². The van der Waals surface area contributed by atoms with Gasteiger partial charge in [-0.2, -0.15) is 0 Å². The Morgan fingerprint density at radius 3 is 2.11 bits per heavy atom. The van der Waals surface area contributed by atoms with Gasteiger partial charge in [0.2, 0.25) is 0 Å². The van der Waals surface area contributed by atoms with Crippen molar-refractivity contribution in [3.63, 3.8) is 0 Å². The third kappa shape index (κ3) is 18.2. The van der Waals surface area contributed by atoms with Gasteiger partial charge in [0.05, 0.1) is 0 Å². The molecule has 1 nitrogen and oxygen atoms in total. The molecule has 0 amide bonds. The molecule has 54 valence electrons. The lowest BCUT2D eigenvalue weighted by molar-refractivity contribution is 1.50. The van der Waals surface area contributed by atoms with Crippen LogP contribution in [-0.4, -0.2) is 6.21 Å². The smallest absolute Gasteiger partial charge is 0.00987 e. The molecule has 0 radical (unpaired) electrons. The van der Waals surface area contributed by atoms with Crippen molar-refractivity contribution in [2.75, 3.05) is 0 Å². The molecule has 0 rings (SSSR count). The minimum absolute atomic E-state index is 1.03. The molecule has 0 bridgehead atoms. The van der Waals surface area contributed by atoms with Crippen molar-refractivity contribution in [2.45, 2.75) is 27.7 Å². The predicted octanol–water partition coefficient (Wildman–Crippen LogP) is 3.29. The van der Waals surface area contributed by atoms with Crippen LogP contribution < -0.4 is 0 Å². The highest BCUT2D eigenvalue weighted by Gasteiger charge is 1.75. The fourth-order valence-electron chi connectivity index (χ4n) is 0.143. The van der Waals surface area contributed by atoms with Gasteiger partial charge in [-0.05, 0) is 18.8 Å². The van der Waals surface area contributed by atoms with Crippen molar-refractivity contribution < 1.29 is 0 Å². The van der Waals surface area contributed by atoms with Gasteiger partial charge >= 0.3 is 0 Å². The lowest BCUT2D eigenvalue weighted by atomic mass is 10.8. The molecule has 0 saturated heterocycles. The molecule has 0 aliphatic heterocycles. The van der Waals surface area contributed by atoms with Gasteiger partial charge in [-0.15, -0.1) is 0 Å². The van der Waals surface area contributed by atoms with Crippen LogP contribution in [-0.2, 0) is 0 Å². The van der Waals surface area contributed by atoms with Crippen molar-refractivity contribution in [3.05, 3.63) is 11.5 Å². The Morgan fingerprint density at radius 1 is 1.56 bits per heavy atom. The van der Waals surface area contributed by atoms with Crippen LogP contribution in [0, 0.1) is 0 Å². The number of allylic oxidation sites excluding steroid dienone is 1. The number of hydrogen-bond donors (Lipinski definition) is 0. The van der Waals surface area contributed by atoms with Crippen LogP contribution in [0.2, 0.25) is 0 Å². The molecule has 0 N–H and O–H groups in total. The largest absolute Gasteiger partial charge is 0.224 e. The first kappa shape index (κ1) is 11.5. The van der Waals surface area contributed by atoms with Gasteiger partial charge in [-0.25, -0.2) is 4.40 Å². The molecule has 0 spiro atoms. The zero-order valence-corrected chi connectivity index (χ0v) is 7.46. The quantitative estimate of drug-likeness (QED) is 0.429. The minimum atomic E-state index is 1.03. The van der Waals surface area contributed by atoms with E-state index in [0.717, 1.165) is 4.91 Å². The molecule has 0 aromatic heterocycles. The maximum atomic E-state index is 3.86. The predicted molar refractivity (Wildman–Crippen MR) is 47.9 cm³/mol. The average Bonchev–Trinajstić information content (AvgIpc) is 1.88. The Bertz CT molecular complexity index is 86.9. The van der Waals surface area contributed by atoms with Crippen molar-refractivity contribution in [3.8, 4) is 0 Å². The summed E-state index contributed by atoms with van der Waals surface area (Å²) < 4.78 is 3.86. The first-order chi connectivity index (χ1) is 4.27. The molecule has 0 aromatic rings. The lowest BCUT2D eigenvalue weighted by Crippen LogP contribution is -1.55. The summed E-state index contributed by atoms with van der Waals surface area (Å²) >= 11 is 1.41. The van der Waals surface area contributed by atoms with Gasteiger partial charge in [-0.3, -0.25) is 0 Å². The van der Waals surface area contributed by atoms with Crippen LogP contribution in [0.25, 0.3) is 0 Å². The molecule has 0 aliphatic carbocycles. The van der Waals surface area contributed by atoms with Gasteiger partial charge in [0, 0.05) is 18.2 Å². The Kier molecular flexibility index (Phi) is 13.7. The van der Waals surface area contributed by atoms with E-state index in [-0.39, 0.29) is 0 Å². The van der Waals surface area contributed by atoms with Crippen LogP contribution in [0.4, 0.5) is 0 Å². The summed E-state index contributed by atoms with van der Waals surface area (Å²) in [5.74, 6) is 0. The second-order valence-electron chi connectivity index (χ2n) is 1.16. The normalized spacial score (nSPS) is 8.44. The molecule has 0 heterocycles. The number of rotatable bonds is 2. The standard InChI is InChI=1S/C5H9NS.C2H6/c1-4-6-7-5(2)3;1-2/h4H,2H2,1,3H3;1-2H3/b6-4-;. The van der Waals surface area contributed by atoms with Crippen LogP contribution >= 0.6 is 11.9 Å². The highest BCUT2D eigenvalue weighted by molar-refractivity contribution is 8.01. The van der Waals surface area contributed by atoms with Crippen LogP contribution in [0.15, 0.2) is 15.9 Å². The molecule has 9 heavy (non-hydrogen) atoms. The summed E-state index contributed by atoms with van der Waals surface area (Å²) in [6.07, 6.45) is 1.75. The fourth-order valence-corrected chi connectivity index (χ4v) is 0.428. The average molecular weight is 145 g/mol. The molecule has 0 aromatic carbocycles. The molecular weight excluding hydrogens is 130 g/mol. The van der Waals surface area contributed by atoms with Gasteiger partial charge in [0.15, 0.2) is 0 Å². The van der Waals surface area contributed by atoms with E-state index in [1.807, 2.05) is 27.7 Å². The van der Waals surface area contributed by atoms with Crippen LogP contribution in [0.1, 0.15) is 27.7 Å². The molecule has 2 heteroatoms. The van der Waals surface area contributed by atoms with Crippen LogP contribution in [0.3, 0.4) is 0 Å². The second kappa shape index (κ2) is 10.7. The molecular formula is C7H15NS. The van der Waals surface area contributed by atoms with Crippen molar-refractivity contribution in [2.24, 2.45) is 4.40 Å². The van der Waals surface area contributed by atoms with E-state index in [9.17, 15) is 0 Å². The first-order valence-electron chi connectivity index (χ1n) is 3.08. The van der Waals surface area contributed by atoms with E-state index in [1.54, 1.807) is 6.21 Å². The fraction of sp³-hybridized carbons (Fsp3) is 0.571. The Balaban J connectivity index is 0. The lowest BCUT2D eigenvalue weighted by Gasteiger charge is -1.83. The second-order valence-corrected chi connectivity index (χ2v) is 2.25. The summed E-state index contributed by atoms with van der Waals surface area (Å²) in [5.41, 5.74) is 0. The summed E-state index contributed by atoms with van der Waals surface area (Å²) in [5, 5.41) is 0. The van der Waals surface area contributed by atoms with E-state index >= 15 is 0 Å². The third-order valence-electron chi connectivity index (χ3n) is 0.314. The van der Waals surface area contributed by atoms with Gasteiger partial charge < -0.3 is 0 Å². The summed E-state index contributed by atoms with van der Waals surface area (Å²) in [6.45, 7) is 11.5. The topological polar surface area (TPSA) is 12.4 Å². The first-order valence-corrected chi connectivity index (χ1v) is 3.85. The zero-order chi connectivity index (χ0) is 7.70. The monoisotopic (exact) mass is 145 g/mol. The molecule has 0 saturated carbocycles. The van der Waals surface area contributed by atoms with E-state index in [4.69, 9.17) is 0 Å². The highest BCUT2D eigenvalue weighted by Crippen LogP contribution is 2.10. The SMILES string of the molecule is C=C(C)S/N=C\C.CC. The Morgan fingerprint density at radius 2 is 2.00 bits per heavy atom. The summed E-state index contributed by atoms with van der Waals surface area (Å²) in [6, 6.07) is 0. The van der Waals surface area contributed by atoms with E-state index < -0.39 is 0 Å². The highest BCUT2D eigenvalue weighted by atomic mass is 32.2. The van der Waals surface area contributed by atoms with Crippen molar-refractivity contribution in [1.82, 2.24) is 0 Å². The minimum Gasteiger partial charge on any atom is -0.224 e. The maximum absolute atomic E-state index is 3.86. The van der Waals surface area contributed by atoms with Crippen molar-refractivity contribution >= 4 is 18.2 Å². The Hall–Kier alpha value is -0.240. The third-order valence-corrected chi connectivity index (χ3v) is 0.942. The molecule has 0 fully saturated rings. The molecule has 0 unspecified atom stereocenters. The van der Waals surface area contributed by atoms with Gasteiger partial charge in [0.1, 0.15) is 0 Å².